The van der Waals surface area contributed by atoms with Gasteiger partial charge in [0.05, 0.1) is 5.92 Å². The van der Waals surface area contributed by atoms with Crippen molar-refractivity contribution in [2.24, 2.45) is 0 Å². The van der Waals surface area contributed by atoms with Gasteiger partial charge in [-0.1, -0.05) is 24.3 Å². The van der Waals surface area contributed by atoms with E-state index in [1.807, 2.05) is 60.4 Å². The first-order valence-corrected chi connectivity index (χ1v) is 7.43. The van der Waals surface area contributed by atoms with Gasteiger partial charge in [0.25, 0.3) is 0 Å². The van der Waals surface area contributed by atoms with Crippen LogP contribution in [0.15, 0.2) is 52.9 Å². The molecule has 22 heavy (non-hydrogen) atoms. The van der Waals surface area contributed by atoms with Crippen LogP contribution < -0.4 is 4.90 Å². The fourth-order valence-corrected chi connectivity index (χ4v) is 2.96. The SMILES string of the molecule is Cc1ccc2oc(C3CC(=O)N(c4ccccc4)C3)nc2c1. The smallest absolute Gasteiger partial charge is 0.227 e. The highest BCUT2D eigenvalue weighted by atomic mass is 16.3. The summed E-state index contributed by atoms with van der Waals surface area (Å²) in [4.78, 5) is 18.7. The van der Waals surface area contributed by atoms with Crippen LogP contribution in [0.5, 0.6) is 0 Å². The number of oxazole rings is 1. The molecule has 4 rings (SSSR count). The summed E-state index contributed by atoms with van der Waals surface area (Å²) in [7, 11) is 0. The van der Waals surface area contributed by atoms with E-state index in [1.165, 1.54) is 0 Å². The van der Waals surface area contributed by atoms with E-state index < -0.39 is 0 Å². The highest BCUT2D eigenvalue weighted by molar-refractivity contribution is 5.96. The van der Waals surface area contributed by atoms with Crippen molar-refractivity contribution in [3.8, 4) is 0 Å². The van der Waals surface area contributed by atoms with E-state index in [-0.39, 0.29) is 11.8 Å². The lowest BCUT2D eigenvalue weighted by molar-refractivity contribution is -0.117. The van der Waals surface area contributed by atoms with Gasteiger partial charge in [0.15, 0.2) is 5.58 Å². The van der Waals surface area contributed by atoms with Crippen LogP contribution in [-0.4, -0.2) is 17.4 Å². The van der Waals surface area contributed by atoms with Crippen LogP contribution in [0.3, 0.4) is 0 Å². The predicted molar refractivity (Wildman–Crippen MR) is 84.9 cm³/mol. The molecule has 0 aliphatic carbocycles. The van der Waals surface area contributed by atoms with Crippen LogP contribution in [0.25, 0.3) is 11.1 Å². The van der Waals surface area contributed by atoms with Gasteiger partial charge in [-0.05, 0) is 36.8 Å². The minimum absolute atomic E-state index is 0.0143. The average Bonchev–Trinajstić information content (AvgIpc) is 3.11. The standard InChI is InChI=1S/C18H16N2O2/c1-12-7-8-16-15(9-12)19-18(22-16)13-10-17(21)20(11-13)14-5-3-2-4-6-14/h2-9,13H,10-11H2,1H3. The van der Waals surface area contributed by atoms with Crippen molar-refractivity contribution in [1.29, 1.82) is 0 Å². The largest absolute Gasteiger partial charge is 0.440 e. The van der Waals surface area contributed by atoms with Gasteiger partial charge in [-0.3, -0.25) is 4.79 Å². The molecule has 1 aliphatic rings. The number of carbonyl (C=O) groups is 1. The number of aryl methyl sites for hydroxylation is 1. The molecule has 1 aliphatic heterocycles. The third kappa shape index (κ3) is 2.17. The molecule has 0 spiro atoms. The second kappa shape index (κ2) is 4.98. The Morgan fingerprint density at radius 1 is 1.18 bits per heavy atom. The number of rotatable bonds is 2. The van der Waals surface area contributed by atoms with Crippen molar-refractivity contribution in [3.05, 3.63) is 60.0 Å². The topological polar surface area (TPSA) is 46.3 Å². The molecule has 1 aromatic heterocycles. The molecule has 0 saturated carbocycles. The molecule has 0 radical (unpaired) electrons. The molecule has 4 heteroatoms. The van der Waals surface area contributed by atoms with Crippen LogP contribution >= 0.6 is 0 Å². The minimum atomic E-state index is 0.0143. The average molecular weight is 292 g/mol. The summed E-state index contributed by atoms with van der Waals surface area (Å²) in [5.41, 5.74) is 3.73. The maximum Gasteiger partial charge on any atom is 0.227 e. The first-order valence-electron chi connectivity index (χ1n) is 7.43. The summed E-state index contributed by atoms with van der Waals surface area (Å²) < 4.78 is 5.85. The van der Waals surface area contributed by atoms with Crippen molar-refractivity contribution in [2.45, 2.75) is 19.3 Å². The second-order valence-electron chi connectivity index (χ2n) is 5.76. The quantitative estimate of drug-likeness (QED) is 0.724. The molecule has 4 nitrogen and oxygen atoms in total. The number of para-hydroxylation sites is 1. The van der Waals surface area contributed by atoms with Crippen molar-refractivity contribution in [2.75, 3.05) is 11.4 Å². The molecule has 3 aromatic rings. The summed E-state index contributed by atoms with van der Waals surface area (Å²) in [5, 5.41) is 0. The number of fused-ring (bicyclic) bond motifs is 1. The minimum Gasteiger partial charge on any atom is -0.440 e. The van der Waals surface area contributed by atoms with Crippen LogP contribution in [0.4, 0.5) is 5.69 Å². The predicted octanol–water partition coefficient (Wildman–Crippen LogP) is 3.66. The zero-order valence-electron chi connectivity index (χ0n) is 12.3. The number of anilines is 1. The summed E-state index contributed by atoms with van der Waals surface area (Å²) in [5.74, 6) is 0.794. The zero-order chi connectivity index (χ0) is 15.1. The Hall–Kier alpha value is -2.62. The molecule has 1 atom stereocenters. The van der Waals surface area contributed by atoms with Crippen molar-refractivity contribution in [1.82, 2.24) is 4.98 Å². The molecule has 0 bridgehead atoms. The highest BCUT2D eigenvalue weighted by Crippen LogP contribution is 2.32. The maximum atomic E-state index is 12.3. The summed E-state index contributed by atoms with van der Waals surface area (Å²) in [6.45, 7) is 2.65. The van der Waals surface area contributed by atoms with Gasteiger partial charge >= 0.3 is 0 Å². The second-order valence-corrected chi connectivity index (χ2v) is 5.76. The number of benzene rings is 2. The van der Waals surface area contributed by atoms with Crippen LogP contribution in [0.2, 0.25) is 0 Å². The van der Waals surface area contributed by atoms with Gasteiger partial charge in [0.1, 0.15) is 5.52 Å². The third-order valence-corrected chi connectivity index (χ3v) is 4.10. The Labute approximate surface area is 128 Å². The molecule has 110 valence electrons. The number of aromatic nitrogens is 1. The van der Waals surface area contributed by atoms with E-state index in [2.05, 4.69) is 4.98 Å². The first-order chi connectivity index (χ1) is 10.7. The Kier molecular flexibility index (Phi) is 2.96. The van der Waals surface area contributed by atoms with Gasteiger partial charge < -0.3 is 9.32 Å². The summed E-state index contributed by atoms with van der Waals surface area (Å²) in [6.07, 6.45) is 0.445. The zero-order valence-corrected chi connectivity index (χ0v) is 12.3. The summed E-state index contributed by atoms with van der Waals surface area (Å²) >= 11 is 0. The van der Waals surface area contributed by atoms with E-state index >= 15 is 0 Å². The molecular weight excluding hydrogens is 276 g/mol. The normalized spacial score (nSPS) is 18.3. The molecule has 0 N–H and O–H groups in total. The van der Waals surface area contributed by atoms with Crippen molar-refractivity contribution < 1.29 is 9.21 Å². The highest BCUT2D eigenvalue weighted by Gasteiger charge is 2.34. The number of nitrogens with zero attached hydrogens (tertiary/aromatic N) is 2. The fraction of sp³-hybridized carbons (Fsp3) is 0.222. The Morgan fingerprint density at radius 3 is 2.82 bits per heavy atom. The van der Waals surface area contributed by atoms with E-state index in [9.17, 15) is 4.79 Å². The monoisotopic (exact) mass is 292 g/mol. The van der Waals surface area contributed by atoms with Crippen LogP contribution in [0, 0.1) is 6.92 Å². The van der Waals surface area contributed by atoms with E-state index in [4.69, 9.17) is 4.42 Å². The molecule has 2 aromatic carbocycles. The van der Waals surface area contributed by atoms with E-state index in [0.29, 0.717) is 18.9 Å². The molecule has 1 fully saturated rings. The maximum absolute atomic E-state index is 12.3. The lowest BCUT2D eigenvalue weighted by Gasteiger charge is -2.15. The van der Waals surface area contributed by atoms with Crippen LogP contribution in [-0.2, 0) is 4.79 Å². The fourth-order valence-electron chi connectivity index (χ4n) is 2.96. The van der Waals surface area contributed by atoms with Gasteiger partial charge in [-0.15, -0.1) is 0 Å². The Morgan fingerprint density at radius 2 is 2.00 bits per heavy atom. The molecule has 1 amide bonds. The van der Waals surface area contributed by atoms with Gasteiger partial charge in [0, 0.05) is 18.7 Å². The lowest BCUT2D eigenvalue weighted by atomic mass is 10.1. The molecule has 2 heterocycles. The van der Waals surface area contributed by atoms with E-state index in [1.54, 1.807) is 0 Å². The number of hydrogen-bond acceptors (Lipinski definition) is 3. The molecular formula is C18H16N2O2. The first kappa shape index (κ1) is 13.1. The molecule has 1 saturated heterocycles. The van der Waals surface area contributed by atoms with Gasteiger partial charge in [-0.2, -0.15) is 0 Å². The van der Waals surface area contributed by atoms with Crippen molar-refractivity contribution in [3.63, 3.8) is 0 Å². The Balaban J connectivity index is 1.64. The van der Waals surface area contributed by atoms with E-state index in [0.717, 1.165) is 22.4 Å². The number of carbonyl (C=O) groups excluding carboxylic acids is 1. The number of hydrogen-bond donors (Lipinski definition) is 0. The van der Waals surface area contributed by atoms with Crippen molar-refractivity contribution >= 4 is 22.7 Å². The van der Waals surface area contributed by atoms with Gasteiger partial charge in [0.2, 0.25) is 11.8 Å². The van der Waals surface area contributed by atoms with Gasteiger partial charge in [-0.25, -0.2) is 4.98 Å². The third-order valence-electron chi connectivity index (χ3n) is 4.10. The van der Waals surface area contributed by atoms with Crippen LogP contribution in [0.1, 0.15) is 23.8 Å². The summed E-state index contributed by atoms with van der Waals surface area (Å²) in [6, 6.07) is 15.7. The lowest BCUT2D eigenvalue weighted by Crippen LogP contribution is -2.24. The molecule has 1 unspecified atom stereocenters. The number of amides is 1. The Bertz CT molecular complexity index is 839.